The average Bonchev–Trinajstić information content (AvgIpc) is 3.39. The lowest BCUT2D eigenvalue weighted by molar-refractivity contribution is -0.117. The van der Waals surface area contributed by atoms with E-state index in [9.17, 15) is 19.1 Å². The van der Waals surface area contributed by atoms with E-state index >= 15 is 0 Å². The lowest BCUT2D eigenvalue weighted by Crippen LogP contribution is -2.48. The van der Waals surface area contributed by atoms with Gasteiger partial charge in [-0.3, -0.25) is 9.59 Å². The van der Waals surface area contributed by atoms with E-state index in [1.165, 1.54) is 12.1 Å². The third-order valence-electron chi connectivity index (χ3n) is 6.82. The summed E-state index contributed by atoms with van der Waals surface area (Å²) in [6.45, 7) is 4.04. The van der Waals surface area contributed by atoms with E-state index in [2.05, 4.69) is 16.0 Å². The van der Waals surface area contributed by atoms with Crippen molar-refractivity contribution in [2.45, 2.75) is 38.3 Å². The number of benzene rings is 3. The van der Waals surface area contributed by atoms with Gasteiger partial charge in [0.05, 0.1) is 12.1 Å². The third-order valence-corrected chi connectivity index (χ3v) is 6.82. The van der Waals surface area contributed by atoms with Gasteiger partial charge in [-0.1, -0.05) is 54.6 Å². The van der Waals surface area contributed by atoms with Crippen LogP contribution in [0, 0.1) is 5.82 Å². The van der Waals surface area contributed by atoms with Crippen LogP contribution in [0.2, 0.25) is 0 Å². The van der Waals surface area contributed by atoms with Crippen LogP contribution in [0.1, 0.15) is 41.3 Å². The Morgan fingerprint density at radius 2 is 1.88 bits per heavy atom. The molecule has 2 amide bonds. The standard InChI is InChI=1S/C32H37FN4O3/c1-2-35-27-19-25(20-28(21-27)37-17-7-11-31(37)39)32(40)36-29(18-24-8-4-3-5-9-24)30(38)22-34-16-6-10-23-12-14-26(33)15-13-23/h3-6,8-10,12-15,19-21,29-30,34-35,38H,2,7,11,16-18,22H2,1H3,(H,36,40)/t29-,30+/m0/s1. The molecular weight excluding hydrogens is 507 g/mol. The molecule has 2 atom stereocenters. The van der Waals surface area contributed by atoms with Crippen molar-refractivity contribution in [1.29, 1.82) is 0 Å². The first-order valence-corrected chi connectivity index (χ1v) is 13.8. The number of aliphatic hydroxyl groups is 1. The molecule has 0 spiro atoms. The zero-order valence-electron chi connectivity index (χ0n) is 22.8. The summed E-state index contributed by atoms with van der Waals surface area (Å²) in [5.41, 5.74) is 3.76. The molecule has 0 radical (unpaired) electrons. The second-order valence-corrected chi connectivity index (χ2v) is 9.90. The number of amides is 2. The number of nitrogens with one attached hydrogen (secondary N) is 3. The van der Waals surface area contributed by atoms with Crippen molar-refractivity contribution in [1.82, 2.24) is 10.6 Å². The highest BCUT2D eigenvalue weighted by Gasteiger charge is 2.25. The third kappa shape index (κ3) is 8.24. The lowest BCUT2D eigenvalue weighted by atomic mass is 10.00. The average molecular weight is 545 g/mol. The molecule has 1 fully saturated rings. The maximum atomic E-state index is 13.5. The molecule has 210 valence electrons. The van der Waals surface area contributed by atoms with Crippen molar-refractivity contribution in [3.05, 3.63) is 101 Å². The predicted octanol–water partition coefficient (Wildman–Crippen LogP) is 4.39. The molecular formula is C32H37FN4O3. The number of rotatable bonds is 13. The van der Waals surface area contributed by atoms with Crippen LogP contribution in [0.15, 0.2) is 78.9 Å². The van der Waals surface area contributed by atoms with Gasteiger partial charge >= 0.3 is 0 Å². The summed E-state index contributed by atoms with van der Waals surface area (Å²) < 4.78 is 13.1. The maximum Gasteiger partial charge on any atom is 0.251 e. The summed E-state index contributed by atoms with van der Waals surface area (Å²) in [7, 11) is 0. The van der Waals surface area contributed by atoms with Crippen molar-refractivity contribution < 1.29 is 19.1 Å². The van der Waals surface area contributed by atoms with Gasteiger partial charge in [-0.15, -0.1) is 0 Å². The summed E-state index contributed by atoms with van der Waals surface area (Å²) >= 11 is 0. The van der Waals surface area contributed by atoms with Crippen LogP contribution >= 0.6 is 0 Å². The zero-order valence-corrected chi connectivity index (χ0v) is 22.8. The highest BCUT2D eigenvalue weighted by atomic mass is 19.1. The first kappa shape index (κ1) is 29.0. The summed E-state index contributed by atoms with van der Waals surface area (Å²) in [5, 5.41) is 20.6. The van der Waals surface area contributed by atoms with Gasteiger partial charge in [-0.25, -0.2) is 4.39 Å². The Labute approximate surface area is 235 Å². The first-order chi connectivity index (χ1) is 19.4. The minimum Gasteiger partial charge on any atom is -0.390 e. The topological polar surface area (TPSA) is 93.7 Å². The second kappa shape index (κ2) is 14.4. The van der Waals surface area contributed by atoms with Gasteiger partial charge in [0.25, 0.3) is 5.91 Å². The maximum absolute atomic E-state index is 13.5. The van der Waals surface area contributed by atoms with E-state index in [1.807, 2.05) is 55.5 Å². The number of hydrogen-bond acceptors (Lipinski definition) is 5. The van der Waals surface area contributed by atoms with Gasteiger partial charge in [-0.2, -0.15) is 0 Å². The summed E-state index contributed by atoms with van der Waals surface area (Å²) in [5.74, 6) is -0.542. The number of anilines is 2. The van der Waals surface area contributed by atoms with Crippen molar-refractivity contribution in [2.75, 3.05) is 36.4 Å². The molecule has 4 N–H and O–H groups in total. The molecule has 0 aromatic heterocycles. The molecule has 3 aromatic carbocycles. The van der Waals surface area contributed by atoms with Crippen molar-refractivity contribution in [2.24, 2.45) is 0 Å². The van der Waals surface area contributed by atoms with Crippen LogP contribution in [-0.2, 0) is 11.2 Å². The van der Waals surface area contributed by atoms with Crippen molar-refractivity contribution >= 4 is 29.3 Å². The fraction of sp³-hybridized carbons (Fsp3) is 0.312. The molecule has 0 bridgehead atoms. The van der Waals surface area contributed by atoms with Crippen LogP contribution in [0.5, 0.6) is 0 Å². The monoisotopic (exact) mass is 544 g/mol. The van der Waals surface area contributed by atoms with Crippen molar-refractivity contribution in [3.63, 3.8) is 0 Å². The summed E-state index contributed by atoms with van der Waals surface area (Å²) in [4.78, 5) is 27.6. The van der Waals surface area contributed by atoms with Crippen LogP contribution in [0.3, 0.4) is 0 Å². The van der Waals surface area contributed by atoms with E-state index < -0.39 is 12.1 Å². The van der Waals surface area contributed by atoms with E-state index in [0.717, 1.165) is 23.2 Å². The van der Waals surface area contributed by atoms with E-state index in [0.29, 0.717) is 43.7 Å². The molecule has 1 heterocycles. The fourth-order valence-electron chi connectivity index (χ4n) is 4.75. The van der Waals surface area contributed by atoms with Gasteiger partial charge in [0.2, 0.25) is 5.91 Å². The summed E-state index contributed by atoms with van der Waals surface area (Å²) in [6, 6.07) is 20.8. The van der Waals surface area contributed by atoms with Crippen molar-refractivity contribution in [3.8, 4) is 0 Å². The Kier molecular flexibility index (Phi) is 10.4. The predicted molar refractivity (Wildman–Crippen MR) is 158 cm³/mol. The number of halogens is 1. The Bertz CT molecular complexity index is 1300. The van der Waals surface area contributed by atoms with E-state index in [-0.39, 0.29) is 24.2 Å². The Balaban J connectivity index is 1.45. The SMILES string of the molecule is CCNc1cc(C(=O)N[C@@H](Cc2ccccc2)[C@H](O)CNCC=Cc2ccc(F)cc2)cc(N2CCCC2=O)c1. The molecule has 1 saturated heterocycles. The summed E-state index contributed by atoms with van der Waals surface area (Å²) in [6.07, 6.45) is 4.67. The number of aliphatic hydroxyl groups excluding tert-OH is 1. The lowest BCUT2D eigenvalue weighted by Gasteiger charge is -2.25. The highest BCUT2D eigenvalue weighted by molar-refractivity contribution is 6.00. The van der Waals surface area contributed by atoms with Crippen LogP contribution in [-0.4, -0.2) is 55.2 Å². The van der Waals surface area contributed by atoms with Gasteiger partial charge < -0.3 is 26.0 Å². The molecule has 0 aliphatic carbocycles. The zero-order chi connectivity index (χ0) is 28.3. The quantitative estimate of drug-likeness (QED) is 0.240. The van der Waals surface area contributed by atoms with Crippen LogP contribution in [0.25, 0.3) is 6.08 Å². The fourth-order valence-corrected chi connectivity index (χ4v) is 4.75. The number of nitrogens with zero attached hydrogens (tertiary/aromatic N) is 1. The molecule has 8 heteroatoms. The minimum absolute atomic E-state index is 0.0527. The Morgan fingerprint density at radius 3 is 2.58 bits per heavy atom. The molecule has 0 saturated carbocycles. The van der Waals surface area contributed by atoms with Gasteiger partial charge in [0, 0.05) is 49.5 Å². The molecule has 1 aliphatic heterocycles. The Morgan fingerprint density at radius 1 is 1.10 bits per heavy atom. The smallest absolute Gasteiger partial charge is 0.251 e. The molecule has 3 aromatic rings. The van der Waals surface area contributed by atoms with Crippen LogP contribution in [0.4, 0.5) is 15.8 Å². The molecule has 40 heavy (non-hydrogen) atoms. The van der Waals surface area contributed by atoms with Gasteiger partial charge in [0.15, 0.2) is 0 Å². The van der Waals surface area contributed by atoms with Gasteiger partial charge in [-0.05, 0) is 61.2 Å². The number of carbonyl (C=O) groups is 2. The second-order valence-electron chi connectivity index (χ2n) is 9.90. The first-order valence-electron chi connectivity index (χ1n) is 13.8. The minimum atomic E-state index is -0.861. The van der Waals surface area contributed by atoms with Crippen LogP contribution < -0.4 is 20.9 Å². The van der Waals surface area contributed by atoms with E-state index in [4.69, 9.17) is 0 Å². The molecule has 1 aliphatic rings. The van der Waals surface area contributed by atoms with E-state index in [1.54, 1.807) is 29.2 Å². The molecule has 7 nitrogen and oxygen atoms in total. The molecule has 0 unspecified atom stereocenters. The normalized spacial score (nSPS) is 14.9. The Hall–Kier alpha value is -4.01. The largest absolute Gasteiger partial charge is 0.390 e. The number of hydrogen-bond donors (Lipinski definition) is 4. The van der Waals surface area contributed by atoms with Gasteiger partial charge in [0.1, 0.15) is 5.82 Å². The highest BCUT2D eigenvalue weighted by Crippen LogP contribution is 2.27. The molecule has 4 rings (SSSR count). The number of carbonyl (C=O) groups excluding carboxylic acids is 2.